The van der Waals surface area contributed by atoms with E-state index in [9.17, 15) is 0 Å². The lowest BCUT2D eigenvalue weighted by atomic mass is 10.1. The maximum atomic E-state index is 6.03. The van der Waals surface area contributed by atoms with Gasteiger partial charge in [0.2, 0.25) is 5.88 Å². The van der Waals surface area contributed by atoms with Gasteiger partial charge in [-0.2, -0.15) is 10.1 Å². The fourth-order valence-corrected chi connectivity index (χ4v) is 4.41. The Hall–Kier alpha value is -2.97. The van der Waals surface area contributed by atoms with Gasteiger partial charge in [0.05, 0.1) is 18.3 Å². The van der Waals surface area contributed by atoms with Crippen molar-refractivity contribution in [3.05, 3.63) is 64.4 Å². The summed E-state index contributed by atoms with van der Waals surface area (Å²) in [7, 11) is 1.65. The van der Waals surface area contributed by atoms with Crippen LogP contribution in [0.15, 0.2) is 53.0 Å². The van der Waals surface area contributed by atoms with Crippen molar-refractivity contribution in [2.45, 2.75) is 39.0 Å². The fraction of sp³-hybridized carbons (Fsp3) is 0.320. The lowest BCUT2D eigenvalue weighted by molar-refractivity contribution is -0.0365. The summed E-state index contributed by atoms with van der Waals surface area (Å²) < 4.78 is 20.2. The summed E-state index contributed by atoms with van der Waals surface area (Å²) in [6.45, 7) is 3.02. The zero-order valence-electron chi connectivity index (χ0n) is 18.6. The van der Waals surface area contributed by atoms with E-state index in [1.54, 1.807) is 7.11 Å². The van der Waals surface area contributed by atoms with Crippen LogP contribution in [0.4, 0.5) is 0 Å². The van der Waals surface area contributed by atoms with Gasteiger partial charge in [-0.1, -0.05) is 28.1 Å². The maximum Gasteiger partial charge on any atom is 0.217 e. The summed E-state index contributed by atoms with van der Waals surface area (Å²) in [6.07, 6.45) is 3.11. The van der Waals surface area contributed by atoms with Crippen molar-refractivity contribution in [1.82, 2.24) is 19.7 Å². The molecule has 0 aliphatic carbocycles. The maximum absolute atomic E-state index is 6.03. The molecule has 1 saturated heterocycles. The minimum atomic E-state index is -0.0649. The molecule has 1 unspecified atom stereocenters. The zero-order valence-corrected chi connectivity index (χ0v) is 20.2. The first kappa shape index (κ1) is 21.9. The van der Waals surface area contributed by atoms with Crippen LogP contribution in [-0.2, 0) is 11.3 Å². The predicted molar refractivity (Wildman–Crippen MR) is 129 cm³/mol. The summed E-state index contributed by atoms with van der Waals surface area (Å²) in [5, 5.41) is 5.97. The third-order valence-electron chi connectivity index (χ3n) is 5.70. The Morgan fingerprint density at radius 2 is 1.94 bits per heavy atom. The summed E-state index contributed by atoms with van der Waals surface area (Å²) in [4.78, 5) is 9.16. The van der Waals surface area contributed by atoms with E-state index in [1.165, 1.54) is 0 Å². The number of methoxy groups -OCH3 is 1. The van der Waals surface area contributed by atoms with Gasteiger partial charge in [-0.25, -0.2) is 9.67 Å². The van der Waals surface area contributed by atoms with Crippen LogP contribution in [0.3, 0.4) is 0 Å². The molecule has 1 fully saturated rings. The van der Waals surface area contributed by atoms with Crippen molar-refractivity contribution in [2.24, 2.45) is 0 Å². The molecule has 0 spiro atoms. The summed E-state index contributed by atoms with van der Waals surface area (Å²) in [5.41, 5.74) is 3.57. The van der Waals surface area contributed by atoms with E-state index < -0.39 is 0 Å². The Bertz CT molecular complexity index is 1270. The average molecular weight is 509 g/mol. The molecule has 2 aromatic heterocycles. The number of aromatic nitrogens is 4. The number of nitrogens with zero attached hydrogens (tertiary/aromatic N) is 4. The molecule has 0 bridgehead atoms. The van der Waals surface area contributed by atoms with Crippen molar-refractivity contribution >= 4 is 26.8 Å². The Kier molecular flexibility index (Phi) is 6.28. The average Bonchev–Trinajstić information content (AvgIpc) is 3.22. The molecule has 8 heteroatoms. The number of aryl methyl sites for hydroxylation is 1. The van der Waals surface area contributed by atoms with Gasteiger partial charge in [0.15, 0.2) is 6.23 Å². The SMILES string of the molecule is COc1ccc(COc2cc(-c3nn(C4CCCCO4)c4ccc(Br)cc34)nc(C)n2)cc1. The first-order valence-electron chi connectivity index (χ1n) is 11.0. The van der Waals surface area contributed by atoms with Gasteiger partial charge in [-0.3, -0.25) is 0 Å². The van der Waals surface area contributed by atoms with Crippen LogP contribution in [0.5, 0.6) is 11.6 Å². The van der Waals surface area contributed by atoms with Gasteiger partial charge < -0.3 is 14.2 Å². The second kappa shape index (κ2) is 9.49. The van der Waals surface area contributed by atoms with Crippen molar-refractivity contribution in [1.29, 1.82) is 0 Å². The van der Waals surface area contributed by atoms with E-state index >= 15 is 0 Å². The van der Waals surface area contributed by atoms with Crippen LogP contribution in [-0.4, -0.2) is 33.5 Å². The van der Waals surface area contributed by atoms with Crippen LogP contribution in [0.25, 0.3) is 22.3 Å². The van der Waals surface area contributed by atoms with Crippen LogP contribution < -0.4 is 9.47 Å². The van der Waals surface area contributed by atoms with Crippen LogP contribution in [0.1, 0.15) is 36.9 Å². The molecule has 1 aliphatic rings. The number of ether oxygens (including phenoxy) is 3. The Balaban J connectivity index is 1.48. The molecule has 3 heterocycles. The molecular formula is C25H25BrN4O3. The molecule has 7 nitrogen and oxygen atoms in total. The summed E-state index contributed by atoms with van der Waals surface area (Å²) in [5.74, 6) is 1.96. The Labute approximate surface area is 200 Å². The molecular weight excluding hydrogens is 484 g/mol. The van der Waals surface area contributed by atoms with Gasteiger partial charge in [-0.15, -0.1) is 0 Å². The van der Waals surface area contributed by atoms with Gasteiger partial charge in [0, 0.05) is 22.5 Å². The first-order chi connectivity index (χ1) is 16.1. The molecule has 0 saturated carbocycles. The highest BCUT2D eigenvalue weighted by molar-refractivity contribution is 9.10. The van der Waals surface area contributed by atoms with E-state index in [1.807, 2.05) is 48.0 Å². The highest BCUT2D eigenvalue weighted by atomic mass is 79.9. The predicted octanol–water partition coefficient (Wildman–Crippen LogP) is 5.85. The number of rotatable bonds is 6. The molecule has 0 radical (unpaired) electrons. The second-order valence-electron chi connectivity index (χ2n) is 8.05. The van der Waals surface area contributed by atoms with Gasteiger partial charge >= 0.3 is 0 Å². The van der Waals surface area contributed by atoms with Gasteiger partial charge in [0.25, 0.3) is 0 Å². The number of halogens is 1. The molecule has 0 N–H and O–H groups in total. The van der Waals surface area contributed by atoms with Crippen LogP contribution in [0, 0.1) is 6.92 Å². The lowest BCUT2D eigenvalue weighted by Crippen LogP contribution is -2.19. The van der Waals surface area contributed by atoms with E-state index in [0.717, 1.165) is 63.9 Å². The van der Waals surface area contributed by atoms with Crippen LogP contribution >= 0.6 is 15.9 Å². The van der Waals surface area contributed by atoms with E-state index in [0.29, 0.717) is 18.3 Å². The minimum Gasteiger partial charge on any atom is -0.497 e. The summed E-state index contributed by atoms with van der Waals surface area (Å²) in [6, 6.07) is 15.8. The number of benzene rings is 2. The molecule has 1 atom stereocenters. The third kappa shape index (κ3) is 4.72. The standard InChI is InChI=1S/C25H25BrN4O3/c1-16-27-21(14-23(28-16)33-15-17-6-9-19(31-2)10-7-17)25-20-13-18(26)8-11-22(20)30(29-25)24-5-3-4-12-32-24/h6-11,13-14,24H,3-5,12,15H2,1-2H3. The van der Waals surface area contributed by atoms with Crippen molar-refractivity contribution in [3.8, 4) is 23.0 Å². The molecule has 5 rings (SSSR count). The van der Waals surface area contributed by atoms with E-state index in [2.05, 4.69) is 38.0 Å². The monoisotopic (exact) mass is 508 g/mol. The number of hydrogen-bond acceptors (Lipinski definition) is 6. The summed E-state index contributed by atoms with van der Waals surface area (Å²) >= 11 is 3.60. The smallest absolute Gasteiger partial charge is 0.217 e. The number of hydrogen-bond donors (Lipinski definition) is 0. The van der Waals surface area contributed by atoms with Gasteiger partial charge in [0.1, 0.15) is 23.9 Å². The highest BCUT2D eigenvalue weighted by Crippen LogP contribution is 2.34. The molecule has 170 valence electrons. The van der Waals surface area contributed by atoms with Gasteiger partial charge in [-0.05, 0) is 62.1 Å². The van der Waals surface area contributed by atoms with Crippen molar-refractivity contribution in [3.63, 3.8) is 0 Å². The Morgan fingerprint density at radius 3 is 2.70 bits per heavy atom. The van der Waals surface area contributed by atoms with Crippen LogP contribution in [0.2, 0.25) is 0 Å². The first-order valence-corrected chi connectivity index (χ1v) is 11.8. The molecule has 4 aromatic rings. The second-order valence-corrected chi connectivity index (χ2v) is 8.97. The lowest BCUT2D eigenvalue weighted by Gasteiger charge is -2.23. The van der Waals surface area contributed by atoms with E-state index in [4.69, 9.17) is 19.3 Å². The van der Waals surface area contributed by atoms with Crippen molar-refractivity contribution in [2.75, 3.05) is 13.7 Å². The largest absolute Gasteiger partial charge is 0.497 e. The number of fused-ring (bicyclic) bond motifs is 1. The Morgan fingerprint density at radius 1 is 1.09 bits per heavy atom. The normalized spacial score (nSPS) is 16.2. The third-order valence-corrected chi connectivity index (χ3v) is 6.19. The van der Waals surface area contributed by atoms with E-state index in [-0.39, 0.29) is 6.23 Å². The quantitative estimate of drug-likeness (QED) is 0.325. The van der Waals surface area contributed by atoms with Crippen molar-refractivity contribution < 1.29 is 14.2 Å². The molecule has 1 aliphatic heterocycles. The minimum absolute atomic E-state index is 0.0649. The molecule has 0 amide bonds. The topological polar surface area (TPSA) is 71.3 Å². The highest BCUT2D eigenvalue weighted by Gasteiger charge is 2.23. The molecule has 2 aromatic carbocycles. The fourth-order valence-electron chi connectivity index (χ4n) is 4.05. The zero-order chi connectivity index (χ0) is 22.8. The molecule has 33 heavy (non-hydrogen) atoms.